The van der Waals surface area contributed by atoms with E-state index >= 15 is 0 Å². The van der Waals surface area contributed by atoms with Crippen LogP contribution in [0.25, 0.3) is 0 Å². The monoisotopic (exact) mass is 299 g/mol. The van der Waals surface area contributed by atoms with Crippen molar-refractivity contribution < 1.29 is 12.8 Å². The number of sulfone groups is 1. The highest BCUT2D eigenvalue weighted by Crippen LogP contribution is 2.18. The molecule has 20 heavy (non-hydrogen) atoms. The average molecular weight is 299 g/mol. The summed E-state index contributed by atoms with van der Waals surface area (Å²) in [6.45, 7) is 2.79. The van der Waals surface area contributed by atoms with Crippen LogP contribution in [-0.2, 0) is 16.3 Å². The van der Waals surface area contributed by atoms with Gasteiger partial charge < -0.3 is 4.90 Å². The smallest absolute Gasteiger partial charge is 0.147 e. The van der Waals surface area contributed by atoms with E-state index in [9.17, 15) is 12.8 Å². The molecular weight excluding hydrogens is 277 g/mol. The van der Waals surface area contributed by atoms with Gasteiger partial charge in [0.2, 0.25) is 0 Å². The molecule has 3 nitrogen and oxygen atoms in total. The molecule has 1 aliphatic heterocycles. The maximum atomic E-state index is 12.8. The Hall–Kier alpha value is -0.940. The second-order valence-corrected chi connectivity index (χ2v) is 7.96. The van der Waals surface area contributed by atoms with E-state index < -0.39 is 9.84 Å². The van der Waals surface area contributed by atoms with Crippen LogP contribution in [0, 0.1) is 11.7 Å². The summed E-state index contributed by atoms with van der Waals surface area (Å²) in [6, 6.07) is 6.59. The van der Waals surface area contributed by atoms with Crippen molar-refractivity contribution in [1.29, 1.82) is 0 Å². The molecule has 0 N–H and O–H groups in total. The molecule has 0 aliphatic carbocycles. The molecule has 1 heterocycles. The zero-order valence-corrected chi connectivity index (χ0v) is 12.7. The first-order valence-corrected chi connectivity index (χ1v) is 9.13. The quantitative estimate of drug-likeness (QED) is 0.836. The lowest BCUT2D eigenvalue weighted by Gasteiger charge is -2.32. The predicted octanol–water partition coefficient (Wildman–Crippen LogP) is 2.12. The lowest BCUT2D eigenvalue weighted by Crippen LogP contribution is -2.39. The maximum absolute atomic E-state index is 12.8. The molecule has 1 saturated heterocycles. The van der Waals surface area contributed by atoms with E-state index in [2.05, 4.69) is 4.90 Å². The summed E-state index contributed by atoms with van der Waals surface area (Å²) < 4.78 is 35.5. The number of likely N-dealkylation sites (tertiary alicyclic amines) is 1. The predicted molar refractivity (Wildman–Crippen MR) is 79.0 cm³/mol. The summed E-state index contributed by atoms with van der Waals surface area (Å²) in [4.78, 5) is 2.32. The van der Waals surface area contributed by atoms with Crippen LogP contribution >= 0.6 is 0 Å². The van der Waals surface area contributed by atoms with Crippen LogP contribution < -0.4 is 0 Å². The zero-order valence-electron chi connectivity index (χ0n) is 11.9. The molecule has 0 amide bonds. The van der Waals surface area contributed by atoms with Gasteiger partial charge in [0.05, 0.1) is 5.75 Å². The molecule has 1 fully saturated rings. The van der Waals surface area contributed by atoms with Crippen molar-refractivity contribution in [3.63, 3.8) is 0 Å². The molecule has 1 aromatic rings. The summed E-state index contributed by atoms with van der Waals surface area (Å²) in [5.41, 5.74) is 1.12. The molecule has 0 bridgehead atoms. The Morgan fingerprint density at radius 1 is 1.30 bits per heavy atom. The minimum Gasteiger partial charge on any atom is -0.303 e. The summed E-state index contributed by atoms with van der Waals surface area (Å²) in [5.74, 6) is 0.340. The second kappa shape index (κ2) is 6.68. The number of nitrogens with zero attached hydrogens (tertiary/aromatic N) is 1. The molecule has 0 radical (unpaired) electrons. The summed E-state index contributed by atoms with van der Waals surface area (Å²) >= 11 is 0. The fraction of sp³-hybridized carbons (Fsp3) is 0.600. The van der Waals surface area contributed by atoms with Crippen LogP contribution in [0.5, 0.6) is 0 Å². The zero-order chi connectivity index (χ0) is 14.6. The van der Waals surface area contributed by atoms with Crippen molar-refractivity contribution in [3.05, 3.63) is 35.6 Å². The fourth-order valence-corrected chi connectivity index (χ4v) is 3.99. The van der Waals surface area contributed by atoms with E-state index in [4.69, 9.17) is 0 Å². The highest BCUT2D eigenvalue weighted by atomic mass is 32.2. The first-order valence-electron chi connectivity index (χ1n) is 7.07. The van der Waals surface area contributed by atoms with Crippen molar-refractivity contribution in [2.45, 2.75) is 19.3 Å². The Labute approximate surface area is 120 Å². The average Bonchev–Trinajstić information content (AvgIpc) is 2.36. The Morgan fingerprint density at radius 3 is 2.65 bits per heavy atom. The minimum atomic E-state index is -2.89. The molecule has 1 atom stereocenters. The number of hydrogen-bond donors (Lipinski definition) is 0. The lowest BCUT2D eigenvalue weighted by atomic mass is 9.99. The van der Waals surface area contributed by atoms with Crippen LogP contribution in [0.3, 0.4) is 0 Å². The number of halogens is 1. The molecule has 1 aliphatic rings. The third-order valence-electron chi connectivity index (χ3n) is 3.77. The third kappa shape index (κ3) is 5.21. The van der Waals surface area contributed by atoms with Crippen LogP contribution in [0.4, 0.5) is 4.39 Å². The van der Waals surface area contributed by atoms with E-state index in [1.807, 2.05) is 12.1 Å². The summed E-state index contributed by atoms with van der Waals surface area (Å²) in [7, 11) is -2.89. The molecule has 0 spiro atoms. The van der Waals surface area contributed by atoms with Crippen LogP contribution in [0.15, 0.2) is 24.3 Å². The summed E-state index contributed by atoms with van der Waals surface area (Å²) in [5, 5.41) is 0. The lowest BCUT2D eigenvalue weighted by molar-refractivity contribution is 0.187. The van der Waals surface area contributed by atoms with Gasteiger partial charge in [-0.2, -0.15) is 0 Å². The van der Waals surface area contributed by atoms with E-state index in [1.165, 1.54) is 18.4 Å². The van der Waals surface area contributed by atoms with E-state index in [1.54, 1.807) is 0 Å². The maximum Gasteiger partial charge on any atom is 0.147 e. The molecule has 2 rings (SSSR count). The first kappa shape index (κ1) is 15.4. The fourth-order valence-electron chi connectivity index (χ4n) is 2.86. The van der Waals surface area contributed by atoms with Crippen molar-refractivity contribution in [2.24, 2.45) is 5.92 Å². The van der Waals surface area contributed by atoms with Gasteiger partial charge in [-0.15, -0.1) is 0 Å². The first-order chi connectivity index (χ1) is 9.42. The highest BCUT2D eigenvalue weighted by Gasteiger charge is 2.22. The Morgan fingerprint density at radius 2 is 2.00 bits per heavy atom. The van der Waals surface area contributed by atoms with Gasteiger partial charge in [0.1, 0.15) is 15.7 Å². The second-order valence-electron chi connectivity index (χ2n) is 5.78. The van der Waals surface area contributed by atoms with Gasteiger partial charge in [0, 0.05) is 19.3 Å². The van der Waals surface area contributed by atoms with Crippen molar-refractivity contribution in [2.75, 3.05) is 31.6 Å². The van der Waals surface area contributed by atoms with Crippen LogP contribution in [-0.4, -0.2) is 45.0 Å². The normalized spacial score (nSPS) is 21.0. The largest absolute Gasteiger partial charge is 0.303 e. The number of piperidine rings is 1. The number of hydrogen-bond acceptors (Lipinski definition) is 3. The Kier molecular flexibility index (Phi) is 5.16. The molecule has 1 unspecified atom stereocenters. The molecular formula is C15H22FNO2S. The van der Waals surface area contributed by atoms with Crippen molar-refractivity contribution in [1.82, 2.24) is 4.90 Å². The van der Waals surface area contributed by atoms with Gasteiger partial charge in [-0.05, 0) is 49.4 Å². The van der Waals surface area contributed by atoms with Crippen LogP contribution in [0.1, 0.15) is 18.4 Å². The van der Waals surface area contributed by atoms with E-state index in [0.29, 0.717) is 5.75 Å². The van der Waals surface area contributed by atoms with Gasteiger partial charge >= 0.3 is 0 Å². The minimum absolute atomic E-state index is 0.208. The molecule has 112 valence electrons. The molecule has 1 aromatic carbocycles. The van der Waals surface area contributed by atoms with Crippen LogP contribution in [0.2, 0.25) is 0 Å². The SMILES string of the molecule is CS(=O)(=O)CC1CCCN(CCc2ccc(F)cc2)C1. The third-order valence-corrected chi connectivity index (χ3v) is 4.85. The van der Waals surface area contributed by atoms with Gasteiger partial charge in [0.15, 0.2) is 0 Å². The van der Waals surface area contributed by atoms with Gasteiger partial charge in [0.25, 0.3) is 0 Å². The van der Waals surface area contributed by atoms with E-state index in [0.717, 1.165) is 44.5 Å². The standard InChI is InChI=1S/C15H22FNO2S/c1-20(18,19)12-14-3-2-9-17(11-14)10-8-13-4-6-15(16)7-5-13/h4-7,14H,2-3,8-12H2,1H3. The summed E-state index contributed by atoms with van der Waals surface area (Å²) in [6.07, 6.45) is 4.25. The molecule has 0 saturated carbocycles. The molecule has 5 heteroatoms. The molecule has 0 aromatic heterocycles. The number of benzene rings is 1. The van der Waals surface area contributed by atoms with Crippen molar-refractivity contribution >= 4 is 9.84 Å². The topological polar surface area (TPSA) is 37.4 Å². The number of rotatable bonds is 5. The highest BCUT2D eigenvalue weighted by molar-refractivity contribution is 7.90. The van der Waals surface area contributed by atoms with Gasteiger partial charge in [-0.25, -0.2) is 12.8 Å². The van der Waals surface area contributed by atoms with Gasteiger partial charge in [-0.3, -0.25) is 0 Å². The van der Waals surface area contributed by atoms with Crippen molar-refractivity contribution in [3.8, 4) is 0 Å². The van der Waals surface area contributed by atoms with E-state index in [-0.39, 0.29) is 11.7 Å². The Balaban J connectivity index is 1.82. The van der Waals surface area contributed by atoms with Gasteiger partial charge in [-0.1, -0.05) is 12.1 Å². The Bertz CT molecular complexity index is 527.